The lowest BCUT2D eigenvalue weighted by Crippen LogP contribution is -2.51. The molecule has 5 atom stereocenters. The Balaban J connectivity index is 2.34. The van der Waals surface area contributed by atoms with Crippen molar-refractivity contribution in [3.63, 3.8) is 0 Å². The highest BCUT2D eigenvalue weighted by molar-refractivity contribution is 6.31. The molecule has 2 aromatic carbocycles. The lowest BCUT2D eigenvalue weighted by Gasteiger charge is -2.34. The number of carbonyl (C=O) groups excluding carboxylic acids is 2. The first-order valence-corrected chi connectivity index (χ1v) is 14.2. The van der Waals surface area contributed by atoms with E-state index in [2.05, 4.69) is 10.6 Å². The van der Waals surface area contributed by atoms with Crippen molar-refractivity contribution >= 4 is 40.9 Å². The molecule has 0 unspecified atom stereocenters. The fourth-order valence-electron chi connectivity index (χ4n) is 5.63. The quantitative estimate of drug-likeness (QED) is 0.242. The number of hydrogen-bond donors (Lipinski definition) is 5. The Labute approximate surface area is 253 Å². The second kappa shape index (κ2) is 14.2. The Bertz CT molecular complexity index is 1280. The van der Waals surface area contributed by atoms with Crippen LogP contribution in [0.15, 0.2) is 30.3 Å². The number of methoxy groups -OCH3 is 1. The van der Waals surface area contributed by atoms with E-state index < -0.39 is 72.4 Å². The molecule has 5 N–H and O–H groups in total. The van der Waals surface area contributed by atoms with Crippen LogP contribution in [0.25, 0.3) is 0 Å². The van der Waals surface area contributed by atoms with Gasteiger partial charge in [-0.25, -0.2) is 13.6 Å². The van der Waals surface area contributed by atoms with Gasteiger partial charge in [-0.2, -0.15) is 0 Å². The van der Waals surface area contributed by atoms with Crippen LogP contribution in [0.2, 0.25) is 10.0 Å². The Kier molecular flexibility index (Phi) is 11.4. The number of aliphatic hydroxyl groups is 3. The first kappa shape index (κ1) is 33.8. The maximum Gasteiger partial charge on any atom is 0.410 e. The van der Waals surface area contributed by atoms with E-state index in [0.29, 0.717) is 17.5 Å². The van der Waals surface area contributed by atoms with Gasteiger partial charge in [0, 0.05) is 30.1 Å². The van der Waals surface area contributed by atoms with E-state index in [-0.39, 0.29) is 28.7 Å². The molecular weight excluding hydrogens is 595 g/mol. The van der Waals surface area contributed by atoms with E-state index in [1.807, 2.05) is 20.8 Å². The van der Waals surface area contributed by atoms with Crippen molar-refractivity contribution in [3.05, 3.63) is 63.1 Å². The minimum Gasteiger partial charge on any atom is -0.453 e. The summed E-state index contributed by atoms with van der Waals surface area (Å²) in [5.41, 5.74) is 0.595. The topological polar surface area (TPSA) is 131 Å². The molecule has 1 aliphatic heterocycles. The normalized spacial score (nSPS) is 21.3. The number of benzene rings is 2. The Morgan fingerprint density at radius 1 is 1.07 bits per heavy atom. The van der Waals surface area contributed by atoms with Gasteiger partial charge in [0.05, 0.1) is 29.9 Å². The van der Waals surface area contributed by atoms with Gasteiger partial charge in [-0.15, -0.1) is 0 Å². The van der Waals surface area contributed by atoms with Crippen LogP contribution in [0.5, 0.6) is 0 Å². The molecule has 0 radical (unpaired) electrons. The molecule has 1 aliphatic rings. The standard InChI is InChI=1S/C29H37Cl2F2N3O6/c1-29(2,3)12-23-25(17-10-21(33)19(31)11-22(17)35-14-38)24(15-5-6-20(32)18(30)9-15)26(36(23)28(41)42-4)27(40)34-8-7-16(39)13-37/h5-6,9-11,16,23-26,35,37-39H,7-8,12-14H2,1-4H3,(H,34,40)/t16-,23+,24+,25+,26+/m0/s1. The van der Waals surface area contributed by atoms with Gasteiger partial charge in [-0.05, 0) is 53.6 Å². The van der Waals surface area contributed by atoms with E-state index in [1.54, 1.807) is 0 Å². The maximum atomic E-state index is 15.1. The summed E-state index contributed by atoms with van der Waals surface area (Å²) in [5.74, 6) is -3.76. The third-order valence-corrected chi connectivity index (χ3v) is 7.89. The fraction of sp³-hybridized carbons (Fsp3) is 0.517. The lowest BCUT2D eigenvalue weighted by molar-refractivity contribution is -0.126. The van der Waals surface area contributed by atoms with Gasteiger partial charge in [0.25, 0.3) is 0 Å². The summed E-state index contributed by atoms with van der Waals surface area (Å²) in [6, 6.07) is 4.48. The number of anilines is 1. The molecule has 2 aromatic rings. The molecule has 232 valence electrons. The van der Waals surface area contributed by atoms with Gasteiger partial charge < -0.3 is 30.7 Å². The molecular formula is C29H37Cl2F2N3O6. The summed E-state index contributed by atoms with van der Waals surface area (Å²) >= 11 is 12.3. The van der Waals surface area contributed by atoms with Gasteiger partial charge in [-0.3, -0.25) is 9.69 Å². The van der Waals surface area contributed by atoms with Crippen molar-refractivity contribution in [2.75, 3.05) is 32.3 Å². The molecule has 1 saturated heterocycles. The van der Waals surface area contributed by atoms with Crippen LogP contribution in [-0.2, 0) is 9.53 Å². The largest absolute Gasteiger partial charge is 0.453 e. The zero-order chi connectivity index (χ0) is 31.4. The first-order chi connectivity index (χ1) is 19.7. The van der Waals surface area contributed by atoms with Crippen molar-refractivity contribution in [3.8, 4) is 0 Å². The highest BCUT2D eigenvalue weighted by Crippen LogP contribution is 2.53. The average Bonchev–Trinajstić information content (AvgIpc) is 3.24. The van der Waals surface area contributed by atoms with E-state index in [1.165, 1.54) is 36.3 Å². The monoisotopic (exact) mass is 631 g/mol. The van der Waals surface area contributed by atoms with Crippen LogP contribution >= 0.6 is 23.2 Å². The van der Waals surface area contributed by atoms with Crippen molar-refractivity contribution in [1.29, 1.82) is 0 Å². The van der Waals surface area contributed by atoms with Crippen molar-refractivity contribution in [2.45, 2.75) is 63.6 Å². The fourth-order valence-corrected chi connectivity index (χ4v) is 5.98. The predicted octanol–water partition coefficient (Wildman–Crippen LogP) is 4.62. The number of amides is 2. The zero-order valence-electron chi connectivity index (χ0n) is 23.8. The number of halogens is 4. The maximum absolute atomic E-state index is 15.1. The second-order valence-electron chi connectivity index (χ2n) is 11.5. The van der Waals surface area contributed by atoms with Gasteiger partial charge in [-0.1, -0.05) is 50.0 Å². The summed E-state index contributed by atoms with van der Waals surface area (Å²) in [4.78, 5) is 28.7. The molecule has 0 saturated carbocycles. The summed E-state index contributed by atoms with van der Waals surface area (Å²) in [7, 11) is 1.18. The van der Waals surface area contributed by atoms with Crippen LogP contribution in [0.3, 0.4) is 0 Å². The number of likely N-dealkylation sites (tertiary alicyclic amines) is 1. The lowest BCUT2D eigenvalue weighted by atomic mass is 9.73. The first-order valence-electron chi connectivity index (χ1n) is 13.5. The van der Waals surface area contributed by atoms with E-state index in [9.17, 15) is 29.3 Å². The summed E-state index contributed by atoms with van der Waals surface area (Å²) in [6.45, 7) is 4.80. The average molecular weight is 633 g/mol. The molecule has 1 heterocycles. The molecule has 3 rings (SSSR count). The Morgan fingerprint density at radius 3 is 2.31 bits per heavy atom. The zero-order valence-corrected chi connectivity index (χ0v) is 25.3. The van der Waals surface area contributed by atoms with Crippen LogP contribution in [0.4, 0.5) is 19.3 Å². The minimum atomic E-state index is -1.25. The molecule has 0 bridgehead atoms. The van der Waals surface area contributed by atoms with Gasteiger partial charge in [0.2, 0.25) is 5.91 Å². The number of nitrogens with zero attached hydrogens (tertiary/aromatic N) is 1. The van der Waals surface area contributed by atoms with Crippen LogP contribution in [0, 0.1) is 17.0 Å². The smallest absolute Gasteiger partial charge is 0.410 e. The van der Waals surface area contributed by atoms with Gasteiger partial charge in [0.15, 0.2) is 0 Å². The third-order valence-electron chi connectivity index (χ3n) is 7.31. The third kappa shape index (κ3) is 7.62. The summed E-state index contributed by atoms with van der Waals surface area (Å²) < 4.78 is 34.6. The number of carbonyl (C=O) groups is 2. The molecule has 9 nitrogen and oxygen atoms in total. The second-order valence-corrected chi connectivity index (χ2v) is 12.3. The predicted molar refractivity (Wildman–Crippen MR) is 156 cm³/mol. The molecule has 0 aliphatic carbocycles. The van der Waals surface area contributed by atoms with E-state index in [0.717, 1.165) is 6.07 Å². The molecule has 2 amide bonds. The van der Waals surface area contributed by atoms with Crippen LogP contribution in [0.1, 0.15) is 56.6 Å². The molecule has 0 aromatic heterocycles. The van der Waals surface area contributed by atoms with E-state index >= 15 is 4.39 Å². The highest BCUT2D eigenvalue weighted by Gasteiger charge is 2.56. The number of hydrogen-bond acceptors (Lipinski definition) is 7. The minimum absolute atomic E-state index is 0.0234. The highest BCUT2D eigenvalue weighted by atomic mass is 35.5. The van der Waals surface area contributed by atoms with Crippen molar-refractivity contribution < 1.29 is 38.4 Å². The number of nitrogens with one attached hydrogen (secondary N) is 2. The summed E-state index contributed by atoms with van der Waals surface area (Å²) in [5, 5.41) is 33.8. The van der Waals surface area contributed by atoms with Gasteiger partial charge in [0.1, 0.15) is 24.4 Å². The molecule has 13 heteroatoms. The number of ether oxygens (including phenoxy) is 1. The van der Waals surface area contributed by atoms with Gasteiger partial charge >= 0.3 is 6.09 Å². The van der Waals surface area contributed by atoms with Crippen molar-refractivity contribution in [1.82, 2.24) is 10.2 Å². The number of aliphatic hydroxyl groups excluding tert-OH is 3. The summed E-state index contributed by atoms with van der Waals surface area (Å²) in [6.07, 6.45) is -1.51. The number of rotatable bonds is 10. The Morgan fingerprint density at radius 2 is 1.74 bits per heavy atom. The van der Waals surface area contributed by atoms with Crippen LogP contribution < -0.4 is 10.6 Å². The van der Waals surface area contributed by atoms with Crippen molar-refractivity contribution in [2.24, 2.45) is 5.41 Å². The SMILES string of the molecule is COC(=O)N1[C@H](CC(C)(C)C)[C@@H](c2cc(F)c(Cl)cc2NCO)[C@@H](c2ccc(F)c(Cl)c2)[C@@H]1C(=O)NCC[C@H](O)CO. The van der Waals surface area contributed by atoms with E-state index in [4.69, 9.17) is 27.9 Å². The van der Waals surface area contributed by atoms with Crippen LogP contribution in [-0.4, -0.2) is 77.4 Å². The Hall–Kier alpha value is -2.70. The molecule has 1 fully saturated rings. The molecule has 0 spiro atoms. The molecule has 42 heavy (non-hydrogen) atoms.